The van der Waals surface area contributed by atoms with Crippen LogP contribution in [-0.2, 0) is 4.79 Å². The highest BCUT2D eigenvalue weighted by Gasteiger charge is 2.26. The van der Waals surface area contributed by atoms with Crippen molar-refractivity contribution >= 4 is 45.8 Å². The summed E-state index contributed by atoms with van der Waals surface area (Å²) in [5.41, 5.74) is 11.1. The van der Waals surface area contributed by atoms with Crippen LogP contribution in [0.1, 0.15) is 22.8 Å². The lowest BCUT2D eigenvalue weighted by molar-refractivity contribution is -0.110. The Morgan fingerprint density at radius 1 is 1.03 bits per heavy atom. The molecule has 0 saturated heterocycles. The first-order valence-corrected chi connectivity index (χ1v) is 9.53. The number of hydrogen-bond donors (Lipinski definition) is 4. The fraction of sp³-hybridized carbons (Fsp3) is 0.0417. The van der Waals surface area contributed by atoms with Gasteiger partial charge in [0.1, 0.15) is 0 Å². The lowest BCUT2D eigenvalue weighted by Gasteiger charge is -2.11. The molecule has 0 aliphatic carbocycles. The van der Waals surface area contributed by atoms with Crippen LogP contribution in [0.2, 0.25) is 0 Å². The predicted molar refractivity (Wildman–Crippen MR) is 123 cm³/mol. The summed E-state index contributed by atoms with van der Waals surface area (Å²) < 4.78 is 0. The molecule has 152 valence electrons. The van der Waals surface area contributed by atoms with Gasteiger partial charge in [-0.05, 0) is 55.5 Å². The largest absolute Gasteiger partial charge is 0.397 e. The summed E-state index contributed by atoms with van der Waals surface area (Å²) in [6.45, 7) is 8.99. The van der Waals surface area contributed by atoms with Crippen molar-refractivity contribution in [3.63, 3.8) is 0 Å². The van der Waals surface area contributed by atoms with Crippen molar-refractivity contribution in [1.29, 1.82) is 0 Å². The van der Waals surface area contributed by atoms with Crippen LogP contribution in [-0.4, -0.2) is 11.8 Å². The van der Waals surface area contributed by atoms with Crippen molar-refractivity contribution in [3.05, 3.63) is 95.0 Å². The average Bonchev–Trinajstić information content (AvgIpc) is 3.10. The van der Waals surface area contributed by atoms with E-state index in [1.807, 2.05) is 0 Å². The van der Waals surface area contributed by atoms with Crippen LogP contribution in [0.4, 0.5) is 28.4 Å². The molecule has 3 aromatic carbocycles. The summed E-state index contributed by atoms with van der Waals surface area (Å²) in [6.07, 6.45) is 0. The Morgan fingerprint density at radius 3 is 2.48 bits per heavy atom. The van der Waals surface area contributed by atoms with E-state index in [1.165, 1.54) is 0 Å². The van der Waals surface area contributed by atoms with E-state index in [0.717, 1.165) is 5.69 Å². The van der Waals surface area contributed by atoms with E-state index < -0.39 is 0 Å². The molecule has 0 fully saturated rings. The van der Waals surface area contributed by atoms with Gasteiger partial charge in [0.15, 0.2) is 5.69 Å². The maximum Gasteiger partial charge on any atom is 0.258 e. The number of benzene rings is 3. The monoisotopic (exact) mass is 409 g/mol. The molecule has 3 aromatic rings. The van der Waals surface area contributed by atoms with Gasteiger partial charge in [-0.3, -0.25) is 9.59 Å². The maximum atomic E-state index is 12.5. The molecule has 0 radical (unpaired) electrons. The summed E-state index contributed by atoms with van der Waals surface area (Å²) in [4.78, 5) is 28.4. The average molecular weight is 409 g/mol. The number of fused-ring (bicyclic) bond motifs is 1. The van der Waals surface area contributed by atoms with Gasteiger partial charge in [0, 0.05) is 28.2 Å². The van der Waals surface area contributed by atoms with E-state index >= 15 is 0 Å². The van der Waals surface area contributed by atoms with Crippen molar-refractivity contribution in [2.75, 3.05) is 21.7 Å². The van der Waals surface area contributed by atoms with Gasteiger partial charge in [-0.1, -0.05) is 18.2 Å². The molecule has 0 saturated carbocycles. The maximum absolute atomic E-state index is 12.5. The van der Waals surface area contributed by atoms with Crippen LogP contribution < -0.4 is 21.7 Å². The lowest BCUT2D eigenvalue weighted by atomic mass is 10.0. The molecule has 1 aliphatic rings. The highest BCUT2D eigenvalue weighted by Crippen LogP contribution is 2.36. The Morgan fingerprint density at radius 2 is 1.77 bits per heavy atom. The minimum atomic E-state index is -0.268. The van der Waals surface area contributed by atoms with Gasteiger partial charge in [0.2, 0.25) is 0 Å². The van der Waals surface area contributed by atoms with Crippen molar-refractivity contribution in [2.24, 2.45) is 0 Å². The SMILES string of the molecule is [C-]#[N+]c1ccc2c(c1)/C(=C(\C)Nc1ccc(C(=O)Nc3ccccc3N)cc1)C(=O)N2. The molecule has 31 heavy (non-hydrogen) atoms. The molecule has 4 rings (SSSR count). The Hall–Kier alpha value is -4.57. The molecule has 1 aliphatic heterocycles. The number of nitrogens with two attached hydrogens (primary N) is 1. The predicted octanol–water partition coefficient (Wildman–Crippen LogP) is 4.87. The Balaban J connectivity index is 1.53. The lowest BCUT2D eigenvalue weighted by Crippen LogP contribution is -2.13. The fourth-order valence-electron chi connectivity index (χ4n) is 3.39. The highest BCUT2D eigenvalue weighted by atomic mass is 16.2. The third-order valence-corrected chi connectivity index (χ3v) is 4.94. The molecule has 0 spiro atoms. The fourth-order valence-corrected chi connectivity index (χ4v) is 3.39. The molecule has 0 aromatic heterocycles. The first-order chi connectivity index (χ1) is 15.0. The molecule has 5 N–H and O–H groups in total. The Labute approximate surface area is 179 Å². The number of allylic oxidation sites excluding steroid dienone is 1. The summed E-state index contributed by atoms with van der Waals surface area (Å²) in [7, 11) is 0. The quantitative estimate of drug-likeness (QED) is 0.281. The van der Waals surface area contributed by atoms with Crippen molar-refractivity contribution in [3.8, 4) is 0 Å². The molecule has 0 atom stereocenters. The zero-order valence-corrected chi connectivity index (χ0v) is 16.7. The summed E-state index contributed by atoms with van der Waals surface area (Å²) >= 11 is 0. The molecule has 7 nitrogen and oxygen atoms in total. The summed E-state index contributed by atoms with van der Waals surface area (Å²) in [6, 6.07) is 19.1. The summed E-state index contributed by atoms with van der Waals surface area (Å²) in [5.74, 6) is -0.492. The number of para-hydroxylation sites is 2. The van der Waals surface area contributed by atoms with Crippen LogP contribution in [0.15, 0.2) is 72.4 Å². The van der Waals surface area contributed by atoms with Crippen LogP contribution in [0.3, 0.4) is 0 Å². The molecule has 7 heteroatoms. The van der Waals surface area contributed by atoms with Gasteiger partial charge < -0.3 is 21.7 Å². The first-order valence-electron chi connectivity index (χ1n) is 9.53. The number of nitrogen functional groups attached to an aromatic ring is 1. The number of carbonyl (C=O) groups is 2. The second-order valence-corrected chi connectivity index (χ2v) is 7.04. The van der Waals surface area contributed by atoms with Gasteiger partial charge in [-0.2, -0.15) is 0 Å². The normalized spacial score (nSPS) is 13.6. The van der Waals surface area contributed by atoms with Gasteiger partial charge >= 0.3 is 0 Å². The molecule has 2 amide bonds. The molecule has 0 bridgehead atoms. The number of amides is 2. The molecular weight excluding hydrogens is 390 g/mol. The van der Waals surface area contributed by atoms with Crippen LogP contribution in [0.5, 0.6) is 0 Å². The number of nitrogens with zero attached hydrogens (tertiary/aromatic N) is 1. The third-order valence-electron chi connectivity index (χ3n) is 4.94. The van der Waals surface area contributed by atoms with Crippen molar-refractivity contribution < 1.29 is 9.59 Å². The van der Waals surface area contributed by atoms with E-state index in [1.54, 1.807) is 73.7 Å². The second kappa shape index (κ2) is 8.05. The minimum absolute atomic E-state index is 0.224. The third kappa shape index (κ3) is 3.95. The van der Waals surface area contributed by atoms with Gasteiger partial charge in [0.25, 0.3) is 11.8 Å². The topological polar surface area (TPSA) is 101 Å². The highest BCUT2D eigenvalue weighted by molar-refractivity contribution is 6.32. The number of nitrogens with one attached hydrogen (secondary N) is 3. The van der Waals surface area contributed by atoms with Crippen LogP contribution >= 0.6 is 0 Å². The Bertz CT molecular complexity index is 1270. The zero-order valence-electron chi connectivity index (χ0n) is 16.7. The van der Waals surface area contributed by atoms with E-state index in [9.17, 15) is 9.59 Å². The van der Waals surface area contributed by atoms with E-state index in [4.69, 9.17) is 12.3 Å². The summed E-state index contributed by atoms with van der Waals surface area (Å²) in [5, 5.41) is 8.81. The van der Waals surface area contributed by atoms with Crippen LogP contribution in [0, 0.1) is 6.57 Å². The molecular formula is C24H19N5O2. The molecule has 0 unspecified atom stereocenters. The number of rotatable bonds is 4. The standard InChI is InChI=1S/C24H19N5O2/c1-14(22-18-13-17(26-2)11-12-20(18)28-24(22)31)27-16-9-7-15(8-10-16)23(30)29-21-6-4-3-5-19(21)25/h3-13,27H,25H2,1H3,(H,28,31)(H,29,30)/b22-14-. The van der Waals surface area contributed by atoms with Crippen LogP contribution in [0.25, 0.3) is 10.4 Å². The van der Waals surface area contributed by atoms with Crippen molar-refractivity contribution in [2.45, 2.75) is 6.92 Å². The first kappa shape index (κ1) is 19.7. The van der Waals surface area contributed by atoms with Gasteiger partial charge in [-0.15, -0.1) is 0 Å². The van der Waals surface area contributed by atoms with E-state index in [2.05, 4.69) is 20.8 Å². The van der Waals surface area contributed by atoms with E-state index in [0.29, 0.717) is 45.1 Å². The zero-order chi connectivity index (χ0) is 22.0. The number of anilines is 4. The smallest absolute Gasteiger partial charge is 0.258 e. The molecule has 1 heterocycles. The Kier molecular flexibility index (Phi) is 5.12. The van der Waals surface area contributed by atoms with Gasteiger partial charge in [0.05, 0.1) is 23.5 Å². The van der Waals surface area contributed by atoms with Gasteiger partial charge in [-0.25, -0.2) is 4.85 Å². The minimum Gasteiger partial charge on any atom is -0.397 e. The number of carbonyl (C=O) groups excluding carboxylic acids is 2. The van der Waals surface area contributed by atoms with E-state index in [-0.39, 0.29) is 11.8 Å². The second-order valence-electron chi connectivity index (χ2n) is 7.04. The number of hydrogen-bond acceptors (Lipinski definition) is 4. The van der Waals surface area contributed by atoms with Crippen molar-refractivity contribution in [1.82, 2.24) is 0 Å².